The molecule has 0 aliphatic heterocycles. The minimum atomic E-state index is -1.72. The summed E-state index contributed by atoms with van der Waals surface area (Å²) in [5.74, 6) is 0. The van der Waals surface area contributed by atoms with Crippen molar-refractivity contribution in [2.45, 2.75) is 8.13 Å². The number of halogens is 5. The number of rotatable bonds is 1. The van der Waals surface area contributed by atoms with E-state index < -0.39 is 8.13 Å². The molecule has 0 aliphatic carbocycles. The minimum absolute atomic E-state index is 1.16. The normalized spacial score (nSPS) is 13.4. The van der Waals surface area contributed by atoms with Crippen molar-refractivity contribution in [3.63, 3.8) is 0 Å². The molecular weight excluding hydrogens is 225 g/mol. The fourth-order valence-corrected chi connectivity index (χ4v) is 0.347. The molecule has 0 N–H and O–H groups in total. The zero-order chi connectivity index (χ0) is 7.71. The Morgan fingerprint density at radius 2 is 1.33 bits per heavy atom. The predicted molar refractivity (Wildman–Crippen MR) is 44.9 cm³/mol. The second-order valence-corrected chi connectivity index (χ2v) is 4.99. The first-order valence-electron chi connectivity index (χ1n) is 1.89. The van der Waals surface area contributed by atoms with Gasteiger partial charge in [-0.25, -0.2) is 0 Å². The smallest absolute Gasteiger partial charge is 0.1000 e. The maximum atomic E-state index is 5.45. The van der Waals surface area contributed by atoms with Gasteiger partial charge in [-0.1, -0.05) is 70.7 Å². The quantitative estimate of drug-likeness (QED) is 0.474. The molecule has 0 nitrogen and oxygen atoms in total. The molecule has 54 valence electrons. The van der Waals surface area contributed by atoms with Crippen molar-refractivity contribution in [3.8, 4) is 0 Å². The fourth-order valence-electron chi connectivity index (χ4n) is 0.116. The highest BCUT2D eigenvalue weighted by molar-refractivity contribution is 6.76. The standard InChI is InChI=1S/C4H3Cl5/c1-2-3(5,6)4(7,8)9/h2H,1H2. The summed E-state index contributed by atoms with van der Waals surface area (Å²) in [4.78, 5) is 0. The summed E-state index contributed by atoms with van der Waals surface area (Å²) in [6.45, 7) is 3.28. The van der Waals surface area contributed by atoms with Gasteiger partial charge < -0.3 is 0 Å². The van der Waals surface area contributed by atoms with Crippen LogP contribution >= 0.6 is 58.0 Å². The zero-order valence-corrected chi connectivity index (χ0v) is 7.95. The van der Waals surface area contributed by atoms with Crippen molar-refractivity contribution in [1.29, 1.82) is 0 Å². The van der Waals surface area contributed by atoms with E-state index in [4.69, 9.17) is 58.0 Å². The van der Waals surface area contributed by atoms with Gasteiger partial charge >= 0.3 is 0 Å². The van der Waals surface area contributed by atoms with E-state index in [0.29, 0.717) is 0 Å². The SMILES string of the molecule is C=CC(Cl)(Cl)C(Cl)(Cl)Cl. The van der Waals surface area contributed by atoms with Crippen molar-refractivity contribution in [2.75, 3.05) is 0 Å². The molecule has 0 saturated heterocycles. The van der Waals surface area contributed by atoms with Gasteiger partial charge in [-0.15, -0.1) is 0 Å². The van der Waals surface area contributed by atoms with Crippen LogP contribution in [0.4, 0.5) is 0 Å². The summed E-state index contributed by atoms with van der Waals surface area (Å²) >= 11 is 26.9. The van der Waals surface area contributed by atoms with Crippen LogP contribution in [0, 0.1) is 0 Å². The number of hydrogen-bond acceptors (Lipinski definition) is 0. The Bertz CT molecular complexity index is 111. The molecule has 5 heteroatoms. The van der Waals surface area contributed by atoms with Crippen LogP contribution in [0.5, 0.6) is 0 Å². The van der Waals surface area contributed by atoms with Gasteiger partial charge in [-0.2, -0.15) is 0 Å². The molecular formula is C4H3Cl5. The fraction of sp³-hybridized carbons (Fsp3) is 0.500. The maximum absolute atomic E-state index is 5.45. The second-order valence-electron chi connectivity index (χ2n) is 1.32. The molecule has 0 aromatic heterocycles. The van der Waals surface area contributed by atoms with Gasteiger partial charge in [0.15, 0.2) is 4.33 Å². The van der Waals surface area contributed by atoms with Crippen LogP contribution in [0.1, 0.15) is 0 Å². The third-order valence-corrected chi connectivity index (χ3v) is 2.98. The Balaban J connectivity index is 4.32. The van der Waals surface area contributed by atoms with Crippen molar-refractivity contribution < 1.29 is 0 Å². The molecule has 0 atom stereocenters. The lowest BCUT2D eigenvalue weighted by molar-refractivity contribution is 0.996. The van der Waals surface area contributed by atoms with E-state index in [1.807, 2.05) is 0 Å². The highest BCUT2D eigenvalue weighted by Gasteiger charge is 2.43. The Morgan fingerprint density at radius 1 is 1.00 bits per heavy atom. The number of hydrogen-bond donors (Lipinski definition) is 0. The molecule has 0 aromatic carbocycles. The van der Waals surface area contributed by atoms with Gasteiger partial charge in [0.1, 0.15) is 0 Å². The first kappa shape index (κ1) is 10.2. The van der Waals surface area contributed by atoms with Gasteiger partial charge in [0, 0.05) is 0 Å². The first-order valence-corrected chi connectivity index (χ1v) is 3.78. The van der Waals surface area contributed by atoms with Crippen LogP contribution in [-0.2, 0) is 0 Å². The Hall–Kier alpha value is 1.19. The number of allylic oxidation sites excluding steroid dienone is 1. The highest BCUT2D eigenvalue weighted by Crippen LogP contribution is 2.46. The lowest BCUT2D eigenvalue weighted by Gasteiger charge is -2.22. The van der Waals surface area contributed by atoms with E-state index in [1.165, 1.54) is 0 Å². The summed E-state index contributed by atoms with van der Waals surface area (Å²) in [5.41, 5.74) is 0. The third-order valence-electron chi connectivity index (χ3n) is 0.634. The van der Waals surface area contributed by atoms with Crippen LogP contribution in [0.2, 0.25) is 0 Å². The summed E-state index contributed by atoms with van der Waals surface area (Å²) < 4.78 is -3.24. The largest absolute Gasteiger partial charge is 0.226 e. The van der Waals surface area contributed by atoms with E-state index in [0.717, 1.165) is 6.08 Å². The molecule has 0 aliphatic rings. The summed E-state index contributed by atoms with van der Waals surface area (Å²) in [5, 5.41) is 0. The Labute approximate surface area is 78.7 Å². The third kappa shape index (κ3) is 2.73. The zero-order valence-electron chi connectivity index (χ0n) is 4.17. The van der Waals surface area contributed by atoms with Crippen molar-refractivity contribution in [1.82, 2.24) is 0 Å². The molecule has 0 spiro atoms. The van der Waals surface area contributed by atoms with Crippen molar-refractivity contribution in [2.24, 2.45) is 0 Å². The molecule has 0 saturated carbocycles. The van der Waals surface area contributed by atoms with Gasteiger partial charge in [-0.05, 0) is 0 Å². The lowest BCUT2D eigenvalue weighted by Crippen LogP contribution is -2.27. The van der Waals surface area contributed by atoms with Gasteiger partial charge in [0.05, 0.1) is 0 Å². The molecule has 0 radical (unpaired) electrons. The molecule has 0 unspecified atom stereocenters. The van der Waals surface area contributed by atoms with E-state index in [9.17, 15) is 0 Å². The molecule has 0 amide bonds. The summed E-state index contributed by atoms with van der Waals surface area (Å²) in [7, 11) is 0. The summed E-state index contributed by atoms with van der Waals surface area (Å²) in [6, 6.07) is 0. The maximum Gasteiger partial charge on any atom is 0.226 e. The number of alkyl halides is 5. The van der Waals surface area contributed by atoms with Crippen LogP contribution in [0.25, 0.3) is 0 Å². The first-order chi connectivity index (χ1) is 3.81. The van der Waals surface area contributed by atoms with Crippen LogP contribution in [-0.4, -0.2) is 8.13 Å². The van der Waals surface area contributed by atoms with Crippen LogP contribution in [0.3, 0.4) is 0 Å². The lowest BCUT2D eigenvalue weighted by atomic mass is 10.4. The van der Waals surface area contributed by atoms with E-state index >= 15 is 0 Å². The second kappa shape index (κ2) is 3.06. The van der Waals surface area contributed by atoms with E-state index in [2.05, 4.69) is 6.58 Å². The average molecular weight is 228 g/mol. The highest BCUT2D eigenvalue weighted by atomic mass is 35.6. The topological polar surface area (TPSA) is 0 Å². The Morgan fingerprint density at radius 3 is 1.33 bits per heavy atom. The monoisotopic (exact) mass is 226 g/mol. The molecule has 0 bridgehead atoms. The molecule has 0 rings (SSSR count). The van der Waals surface area contributed by atoms with Crippen molar-refractivity contribution >= 4 is 58.0 Å². The predicted octanol–water partition coefficient (Wildman–Crippen LogP) is 3.72. The molecule has 0 aromatic rings. The molecule has 0 fully saturated rings. The van der Waals surface area contributed by atoms with Crippen LogP contribution < -0.4 is 0 Å². The van der Waals surface area contributed by atoms with Crippen molar-refractivity contribution in [3.05, 3.63) is 12.7 Å². The summed E-state index contributed by atoms with van der Waals surface area (Å²) in [6.07, 6.45) is 1.16. The van der Waals surface area contributed by atoms with E-state index in [-0.39, 0.29) is 0 Å². The van der Waals surface area contributed by atoms with Gasteiger partial charge in [0.2, 0.25) is 3.79 Å². The molecule has 9 heavy (non-hydrogen) atoms. The van der Waals surface area contributed by atoms with Crippen LogP contribution in [0.15, 0.2) is 12.7 Å². The Kier molecular flexibility index (Phi) is 3.47. The van der Waals surface area contributed by atoms with Gasteiger partial charge in [-0.3, -0.25) is 0 Å². The molecule has 0 heterocycles. The minimum Gasteiger partial charge on any atom is -0.1000 e. The average Bonchev–Trinajstić information content (AvgIpc) is 1.64. The van der Waals surface area contributed by atoms with Gasteiger partial charge in [0.25, 0.3) is 0 Å². The van der Waals surface area contributed by atoms with E-state index in [1.54, 1.807) is 0 Å².